The smallest absolute Gasteiger partial charge is 0.344 e. The summed E-state index contributed by atoms with van der Waals surface area (Å²) in [7, 11) is -4.25. The molecule has 0 spiro atoms. The van der Waals surface area contributed by atoms with Gasteiger partial charge in [-0.1, -0.05) is 30.3 Å². The zero-order chi connectivity index (χ0) is 15.0. The number of para-hydroxylation sites is 1. The lowest BCUT2D eigenvalue weighted by Crippen LogP contribution is -2.03. The summed E-state index contributed by atoms with van der Waals surface area (Å²) in [6.45, 7) is 0. The number of hydrogen-bond donors (Lipinski definition) is 1. The van der Waals surface area contributed by atoms with Crippen LogP contribution in [0.15, 0.2) is 68.7 Å². The second-order valence-corrected chi connectivity index (χ2v) is 5.91. The van der Waals surface area contributed by atoms with Crippen molar-refractivity contribution in [1.29, 1.82) is 0 Å². The number of rotatable bonds is 2. The second-order valence-electron chi connectivity index (χ2n) is 4.48. The quantitative estimate of drug-likeness (QED) is 0.581. The Balaban J connectivity index is 2.16. The molecule has 21 heavy (non-hydrogen) atoms. The predicted molar refractivity (Wildman–Crippen MR) is 77.7 cm³/mol. The third-order valence-electron chi connectivity index (χ3n) is 3.10. The summed E-state index contributed by atoms with van der Waals surface area (Å²) in [4.78, 5) is 11.8. The van der Waals surface area contributed by atoms with Crippen molar-refractivity contribution in [2.45, 2.75) is 4.90 Å². The molecule has 106 valence electrons. The van der Waals surface area contributed by atoms with E-state index in [0.29, 0.717) is 16.7 Å². The van der Waals surface area contributed by atoms with E-state index in [1.54, 1.807) is 18.2 Å². The van der Waals surface area contributed by atoms with E-state index in [0.717, 1.165) is 5.39 Å². The number of fused-ring (bicyclic) bond motifs is 1. The lowest BCUT2D eigenvalue weighted by molar-refractivity contribution is 0.483. The predicted octanol–water partition coefficient (Wildman–Crippen LogP) is 2.71. The Morgan fingerprint density at radius 2 is 1.62 bits per heavy atom. The minimum absolute atomic E-state index is 0.226. The fourth-order valence-electron chi connectivity index (χ4n) is 2.07. The Bertz CT molecular complexity index is 969. The first kappa shape index (κ1) is 13.5. The monoisotopic (exact) mass is 302 g/mol. The van der Waals surface area contributed by atoms with E-state index in [1.165, 1.54) is 24.3 Å². The van der Waals surface area contributed by atoms with Crippen molar-refractivity contribution in [3.05, 3.63) is 65.0 Å². The molecule has 0 amide bonds. The molecule has 1 aromatic heterocycles. The molecule has 0 aliphatic carbocycles. The maximum absolute atomic E-state index is 12.0. The van der Waals surface area contributed by atoms with Crippen LogP contribution in [0.5, 0.6) is 0 Å². The van der Waals surface area contributed by atoms with Crippen LogP contribution < -0.4 is 5.63 Å². The molecule has 5 nitrogen and oxygen atoms in total. The Morgan fingerprint density at radius 1 is 0.952 bits per heavy atom. The Kier molecular flexibility index (Phi) is 3.12. The maximum Gasteiger partial charge on any atom is 0.344 e. The lowest BCUT2D eigenvalue weighted by Gasteiger charge is -2.03. The number of hydrogen-bond acceptors (Lipinski definition) is 4. The standard InChI is InChI=1S/C15H10O5S/c16-15-13(9-11-3-1-2-4-14(11)20-15)10-5-7-12(8-6-10)21(17,18)19/h1-9H,(H,17,18,19). The molecule has 0 unspecified atom stereocenters. The van der Waals surface area contributed by atoms with E-state index in [-0.39, 0.29) is 4.90 Å². The van der Waals surface area contributed by atoms with E-state index in [1.807, 2.05) is 12.1 Å². The average Bonchev–Trinajstić information content (AvgIpc) is 2.46. The minimum atomic E-state index is -4.25. The van der Waals surface area contributed by atoms with Gasteiger partial charge >= 0.3 is 5.63 Å². The van der Waals surface area contributed by atoms with Gasteiger partial charge in [0.1, 0.15) is 5.58 Å². The van der Waals surface area contributed by atoms with Crippen LogP contribution in [0.1, 0.15) is 0 Å². The summed E-state index contributed by atoms with van der Waals surface area (Å²) >= 11 is 0. The Morgan fingerprint density at radius 3 is 2.29 bits per heavy atom. The molecule has 0 aliphatic rings. The van der Waals surface area contributed by atoms with Gasteiger partial charge in [-0.15, -0.1) is 0 Å². The summed E-state index contributed by atoms with van der Waals surface area (Å²) in [5, 5.41) is 0.769. The molecule has 0 aliphatic heterocycles. The van der Waals surface area contributed by atoms with Gasteiger partial charge in [0, 0.05) is 5.39 Å². The molecule has 1 heterocycles. The topological polar surface area (TPSA) is 84.6 Å². The first-order valence-corrected chi connectivity index (χ1v) is 7.50. The van der Waals surface area contributed by atoms with Crippen LogP contribution in [0.4, 0.5) is 0 Å². The Hall–Kier alpha value is -2.44. The van der Waals surface area contributed by atoms with Gasteiger partial charge in [-0.2, -0.15) is 8.42 Å². The molecular weight excluding hydrogens is 292 g/mol. The van der Waals surface area contributed by atoms with Gasteiger partial charge in [0.2, 0.25) is 0 Å². The highest BCUT2D eigenvalue weighted by atomic mass is 32.2. The fourth-order valence-corrected chi connectivity index (χ4v) is 2.55. The molecule has 0 fully saturated rings. The summed E-state index contributed by atoms with van der Waals surface area (Å²) < 4.78 is 36.2. The van der Waals surface area contributed by atoms with E-state index in [4.69, 9.17) is 8.97 Å². The zero-order valence-electron chi connectivity index (χ0n) is 10.7. The van der Waals surface area contributed by atoms with Gasteiger partial charge in [0.05, 0.1) is 10.5 Å². The first-order valence-electron chi connectivity index (χ1n) is 6.06. The molecule has 2 aromatic carbocycles. The van der Waals surface area contributed by atoms with Crippen LogP contribution in [0, 0.1) is 0 Å². The molecule has 0 radical (unpaired) electrons. The molecule has 0 saturated carbocycles. The molecule has 3 aromatic rings. The molecule has 0 atom stereocenters. The van der Waals surface area contributed by atoms with Crippen LogP contribution in [-0.4, -0.2) is 13.0 Å². The molecule has 6 heteroatoms. The van der Waals surface area contributed by atoms with Crippen molar-refractivity contribution in [2.24, 2.45) is 0 Å². The van der Waals surface area contributed by atoms with E-state index >= 15 is 0 Å². The van der Waals surface area contributed by atoms with Gasteiger partial charge in [-0.25, -0.2) is 4.79 Å². The lowest BCUT2D eigenvalue weighted by atomic mass is 10.1. The summed E-state index contributed by atoms with van der Waals surface area (Å²) in [6.07, 6.45) is 0. The average molecular weight is 302 g/mol. The summed E-state index contributed by atoms with van der Waals surface area (Å²) in [5.41, 5.74) is 0.826. The highest BCUT2D eigenvalue weighted by Gasteiger charge is 2.11. The van der Waals surface area contributed by atoms with E-state index in [2.05, 4.69) is 0 Å². The number of benzene rings is 2. The first-order chi connectivity index (χ1) is 9.95. The van der Waals surface area contributed by atoms with Crippen molar-refractivity contribution in [1.82, 2.24) is 0 Å². The zero-order valence-corrected chi connectivity index (χ0v) is 11.5. The molecule has 0 saturated heterocycles. The third kappa shape index (κ3) is 2.58. The van der Waals surface area contributed by atoms with Crippen LogP contribution in [0.3, 0.4) is 0 Å². The van der Waals surface area contributed by atoms with Crippen LogP contribution in [-0.2, 0) is 10.1 Å². The van der Waals surface area contributed by atoms with Gasteiger partial charge < -0.3 is 4.42 Å². The third-order valence-corrected chi connectivity index (χ3v) is 3.97. The van der Waals surface area contributed by atoms with Crippen molar-refractivity contribution in [3.8, 4) is 11.1 Å². The molecule has 1 N–H and O–H groups in total. The van der Waals surface area contributed by atoms with Gasteiger partial charge in [-0.05, 0) is 29.8 Å². The second kappa shape index (κ2) is 4.83. The molecule has 3 rings (SSSR count). The van der Waals surface area contributed by atoms with Crippen molar-refractivity contribution >= 4 is 21.1 Å². The van der Waals surface area contributed by atoms with Crippen molar-refractivity contribution < 1.29 is 17.4 Å². The van der Waals surface area contributed by atoms with E-state index < -0.39 is 15.7 Å². The van der Waals surface area contributed by atoms with Crippen molar-refractivity contribution in [3.63, 3.8) is 0 Å². The molecule has 0 bridgehead atoms. The van der Waals surface area contributed by atoms with Crippen molar-refractivity contribution in [2.75, 3.05) is 0 Å². The largest absolute Gasteiger partial charge is 0.422 e. The highest BCUT2D eigenvalue weighted by molar-refractivity contribution is 7.85. The van der Waals surface area contributed by atoms with Crippen LogP contribution in [0.2, 0.25) is 0 Å². The fraction of sp³-hybridized carbons (Fsp3) is 0. The van der Waals surface area contributed by atoms with Gasteiger partial charge in [0.25, 0.3) is 10.1 Å². The highest BCUT2D eigenvalue weighted by Crippen LogP contribution is 2.22. The van der Waals surface area contributed by atoms with Crippen LogP contribution in [0.25, 0.3) is 22.1 Å². The normalized spacial score (nSPS) is 11.7. The van der Waals surface area contributed by atoms with Crippen LogP contribution >= 0.6 is 0 Å². The van der Waals surface area contributed by atoms with E-state index in [9.17, 15) is 13.2 Å². The SMILES string of the molecule is O=c1oc2ccccc2cc1-c1ccc(S(=O)(=O)O)cc1. The summed E-state index contributed by atoms with van der Waals surface area (Å²) in [6, 6.07) is 14.2. The van der Waals surface area contributed by atoms with Gasteiger partial charge in [0.15, 0.2) is 0 Å². The minimum Gasteiger partial charge on any atom is -0.422 e. The summed E-state index contributed by atoms with van der Waals surface area (Å²) in [5.74, 6) is 0. The Labute approximate surface area is 120 Å². The molecular formula is C15H10O5S. The van der Waals surface area contributed by atoms with Gasteiger partial charge in [-0.3, -0.25) is 4.55 Å². The maximum atomic E-state index is 12.0.